The van der Waals surface area contributed by atoms with Gasteiger partial charge >= 0.3 is 0 Å². The lowest BCUT2D eigenvalue weighted by molar-refractivity contribution is -0.123. The van der Waals surface area contributed by atoms with Crippen LogP contribution in [0.1, 0.15) is 31.7 Å². The van der Waals surface area contributed by atoms with Crippen molar-refractivity contribution in [3.8, 4) is 0 Å². The average molecular weight is 419 g/mol. The molecule has 2 N–H and O–H groups in total. The number of carbonyl (C=O) groups is 2. The summed E-state index contributed by atoms with van der Waals surface area (Å²) in [7, 11) is -3.67. The number of fused-ring (bicyclic) bond motifs is 1. The highest BCUT2D eigenvalue weighted by Crippen LogP contribution is 2.33. The van der Waals surface area contributed by atoms with Gasteiger partial charge in [-0.2, -0.15) is 4.31 Å². The van der Waals surface area contributed by atoms with Gasteiger partial charge in [-0.15, -0.1) is 0 Å². The Hall–Kier alpha value is -2.78. The third-order valence-corrected chi connectivity index (χ3v) is 6.86. The van der Waals surface area contributed by atoms with E-state index in [2.05, 4.69) is 10.6 Å². The number of rotatable bonds is 6. The highest BCUT2D eigenvalue weighted by atomic mass is 32.2. The van der Waals surface area contributed by atoms with E-state index < -0.39 is 27.7 Å². The zero-order valence-corrected chi connectivity index (χ0v) is 16.9. The Morgan fingerprint density at radius 3 is 2.62 bits per heavy atom. The summed E-state index contributed by atoms with van der Waals surface area (Å²) in [4.78, 5) is 24.8. The van der Waals surface area contributed by atoms with Gasteiger partial charge in [0.15, 0.2) is 0 Å². The van der Waals surface area contributed by atoms with E-state index in [1.165, 1.54) is 34.6 Å². The predicted octanol–water partition coefficient (Wildman–Crippen LogP) is 2.92. The molecular formula is C20H22FN3O4S. The molecular weight excluding hydrogens is 397 g/mol. The van der Waals surface area contributed by atoms with Gasteiger partial charge < -0.3 is 10.6 Å². The summed E-state index contributed by atoms with van der Waals surface area (Å²) in [5.41, 5.74) is 1.08. The molecule has 1 aliphatic heterocycles. The van der Waals surface area contributed by atoms with Gasteiger partial charge in [0.25, 0.3) is 0 Å². The van der Waals surface area contributed by atoms with Gasteiger partial charge in [-0.1, -0.05) is 26.0 Å². The lowest BCUT2D eigenvalue weighted by Crippen LogP contribution is -2.31. The number of halogens is 1. The van der Waals surface area contributed by atoms with Crippen LogP contribution in [-0.2, 0) is 19.6 Å². The molecule has 0 saturated carbocycles. The van der Waals surface area contributed by atoms with E-state index in [9.17, 15) is 22.4 Å². The van der Waals surface area contributed by atoms with Crippen molar-refractivity contribution in [1.29, 1.82) is 0 Å². The molecule has 0 aromatic heterocycles. The quantitative estimate of drug-likeness (QED) is 0.753. The molecule has 2 amide bonds. The van der Waals surface area contributed by atoms with E-state index in [0.29, 0.717) is 24.3 Å². The van der Waals surface area contributed by atoms with Gasteiger partial charge in [-0.25, -0.2) is 12.8 Å². The number of amides is 2. The second kappa shape index (κ2) is 8.30. The summed E-state index contributed by atoms with van der Waals surface area (Å²) in [6, 6.07) is 9.85. The van der Waals surface area contributed by atoms with Gasteiger partial charge in [0.05, 0.1) is 10.8 Å². The lowest BCUT2D eigenvalue weighted by Gasteiger charge is -2.25. The summed E-state index contributed by atoms with van der Waals surface area (Å²) < 4.78 is 40.2. The standard InChI is InChI=1S/C20H22FN3O4S/c1-3-24(4-2)29(27,28)15-7-5-6-14(11-15)22-20(26)17-12-19(25)23-18-10-13(21)8-9-16(17)18/h5-11,17H,3-4,12H2,1-2H3,(H,22,26)(H,23,25). The Kier molecular flexibility index (Phi) is 5.99. The first-order chi connectivity index (χ1) is 13.8. The number of nitrogens with zero attached hydrogens (tertiary/aromatic N) is 1. The zero-order valence-electron chi connectivity index (χ0n) is 16.1. The van der Waals surface area contributed by atoms with E-state index in [4.69, 9.17) is 0 Å². The second-order valence-corrected chi connectivity index (χ2v) is 8.58. The fourth-order valence-electron chi connectivity index (χ4n) is 3.35. The summed E-state index contributed by atoms with van der Waals surface area (Å²) in [6.45, 7) is 4.17. The van der Waals surface area contributed by atoms with E-state index >= 15 is 0 Å². The van der Waals surface area contributed by atoms with Crippen molar-refractivity contribution < 1.29 is 22.4 Å². The second-order valence-electron chi connectivity index (χ2n) is 6.64. The van der Waals surface area contributed by atoms with Gasteiger partial charge in [-0.3, -0.25) is 9.59 Å². The first-order valence-electron chi connectivity index (χ1n) is 9.26. The minimum Gasteiger partial charge on any atom is -0.326 e. The smallest absolute Gasteiger partial charge is 0.243 e. The molecule has 1 heterocycles. The van der Waals surface area contributed by atoms with E-state index in [-0.39, 0.29) is 22.9 Å². The first kappa shape index (κ1) is 20.9. The highest BCUT2D eigenvalue weighted by Gasteiger charge is 2.31. The number of hydrogen-bond acceptors (Lipinski definition) is 4. The Morgan fingerprint density at radius 2 is 1.93 bits per heavy atom. The molecule has 3 rings (SSSR count). The van der Waals surface area contributed by atoms with Crippen molar-refractivity contribution in [3.63, 3.8) is 0 Å². The van der Waals surface area contributed by atoms with Crippen LogP contribution in [0.15, 0.2) is 47.4 Å². The van der Waals surface area contributed by atoms with Crippen LogP contribution in [0, 0.1) is 5.82 Å². The number of carbonyl (C=O) groups excluding carboxylic acids is 2. The van der Waals surface area contributed by atoms with Crippen molar-refractivity contribution in [1.82, 2.24) is 4.31 Å². The van der Waals surface area contributed by atoms with Gasteiger partial charge in [0.1, 0.15) is 5.82 Å². The van der Waals surface area contributed by atoms with Crippen molar-refractivity contribution in [2.24, 2.45) is 0 Å². The normalized spacial score (nSPS) is 16.3. The number of nitrogens with one attached hydrogen (secondary N) is 2. The molecule has 0 fully saturated rings. The van der Waals surface area contributed by atoms with E-state index in [1.54, 1.807) is 26.0 Å². The van der Waals surface area contributed by atoms with Gasteiger partial charge in [0.2, 0.25) is 21.8 Å². The van der Waals surface area contributed by atoms with Crippen molar-refractivity contribution in [2.45, 2.75) is 31.1 Å². The van der Waals surface area contributed by atoms with Crippen LogP contribution in [0.2, 0.25) is 0 Å². The molecule has 7 nitrogen and oxygen atoms in total. The maximum atomic E-state index is 13.5. The maximum absolute atomic E-state index is 13.5. The Balaban J connectivity index is 1.87. The van der Waals surface area contributed by atoms with Crippen LogP contribution in [-0.4, -0.2) is 37.6 Å². The van der Waals surface area contributed by atoms with Crippen molar-refractivity contribution in [3.05, 3.63) is 53.8 Å². The van der Waals surface area contributed by atoms with Crippen LogP contribution in [0.3, 0.4) is 0 Å². The minimum absolute atomic E-state index is 0.0721. The number of benzene rings is 2. The SMILES string of the molecule is CCN(CC)S(=O)(=O)c1cccc(NC(=O)C2CC(=O)Nc3cc(F)ccc32)c1. The van der Waals surface area contributed by atoms with Gasteiger partial charge in [-0.05, 0) is 35.9 Å². The van der Waals surface area contributed by atoms with Crippen molar-refractivity contribution in [2.75, 3.05) is 23.7 Å². The third kappa shape index (κ3) is 4.30. The van der Waals surface area contributed by atoms with E-state index in [1.807, 2.05) is 0 Å². The molecule has 2 aromatic rings. The van der Waals surface area contributed by atoms with Gasteiger partial charge in [0, 0.05) is 30.9 Å². The summed E-state index contributed by atoms with van der Waals surface area (Å²) >= 11 is 0. The summed E-state index contributed by atoms with van der Waals surface area (Å²) in [5.74, 6) is -2.17. The lowest BCUT2D eigenvalue weighted by atomic mass is 9.89. The van der Waals surface area contributed by atoms with Crippen molar-refractivity contribution >= 4 is 33.2 Å². The average Bonchev–Trinajstić information content (AvgIpc) is 2.68. The molecule has 0 bridgehead atoms. The van der Waals surface area contributed by atoms with Crippen LogP contribution in [0.25, 0.3) is 0 Å². The maximum Gasteiger partial charge on any atom is 0.243 e. The minimum atomic E-state index is -3.67. The summed E-state index contributed by atoms with van der Waals surface area (Å²) in [6.07, 6.45) is -0.0814. The molecule has 0 radical (unpaired) electrons. The molecule has 1 unspecified atom stereocenters. The molecule has 0 spiro atoms. The Morgan fingerprint density at radius 1 is 1.21 bits per heavy atom. The molecule has 0 saturated heterocycles. The topological polar surface area (TPSA) is 95.6 Å². The molecule has 9 heteroatoms. The molecule has 1 atom stereocenters. The fourth-order valence-corrected chi connectivity index (χ4v) is 4.85. The van der Waals surface area contributed by atoms with E-state index in [0.717, 1.165) is 0 Å². The van der Waals surface area contributed by atoms with Crippen LogP contribution in [0.4, 0.5) is 15.8 Å². The van der Waals surface area contributed by atoms with Crippen LogP contribution < -0.4 is 10.6 Å². The third-order valence-electron chi connectivity index (χ3n) is 4.82. The molecule has 2 aromatic carbocycles. The monoisotopic (exact) mass is 419 g/mol. The fraction of sp³-hybridized carbons (Fsp3) is 0.300. The number of hydrogen-bond donors (Lipinski definition) is 2. The summed E-state index contributed by atoms with van der Waals surface area (Å²) in [5, 5.41) is 5.24. The molecule has 1 aliphatic rings. The molecule has 29 heavy (non-hydrogen) atoms. The van der Waals surface area contributed by atoms with Crippen LogP contribution >= 0.6 is 0 Å². The Labute approximate surface area is 169 Å². The molecule has 0 aliphatic carbocycles. The zero-order chi connectivity index (χ0) is 21.2. The largest absolute Gasteiger partial charge is 0.326 e. The molecule has 154 valence electrons. The first-order valence-corrected chi connectivity index (χ1v) is 10.7. The highest BCUT2D eigenvalue weighted by molar-refractivity contribution is 7.89. The Bertz CT molecular complexity index is 1050. The number of anilines is 2. The van der Waals surface area contributed by atoms with Crippen LogP contribution in [0.5, 0.6) is 0 Å². The predicted molar refractivity (Wildman–Crippen MR) is 108 cm³/mol. The number of sulfonamides is 1.